The van der Waals surface area contributed by atoms with Crippen LogP contribution in [-0.2, 0) is 11.2 Å². The van der Waals surface area contributed by atoms with Crippen molar-refractivity contribution in [3.05, 3.63) is 16.1 Å². The number of nitrogens with one attached hydrogen (secondary N) is 1. The molecule has 1 fully saturated rings. The molecule has 23 heavy (non-hydrogen) atoms. The summed E-state index contributed by atoms with van der Waals surface area (Å²) in [7, 11) is 0. The zero-order chi connectivity index (χ0) is 16.9. The van der Waals surface area contributed by atoms with Crippen LogP contribution in [0.3, 0.4) is 0 Å². The minimum absolute atomic E-state index is 0.184. The molecule has 1 N–H and O–H groups in total. The zero-order valence-corrected chi connectivity index (χ0v) is 15.5. The predicted molar refractivity (Wildman–Crippen MR) is 94.0 cm³/mol. The van der Waals surface area contributed by atoms with Gasteiger partial charge in [-0.15, -0.1) is 11.3 Å². The molecule has 130 valence electrons. The highest BCUT2D eigenvalue weighted by Crippen LogP contribution is 2.16. The average Bonchev–Trinajstić information content (AvgIpc) is 2.71. The summed E-state index contributed by atoms with van der Waals surface area (Å²) in [6, 6.07) is 0.475. The summed E-state index contributed by atoms with van der Waals surface area (Å²) in [6.45, 7) is 10.3. The number of nitrogens with zero attached hydrogens (tertiary/aromatic N) is 2. The molecule has 5 nitrogen and oxygen atoms in total. The highest BCUT2D eigenvalue weighted by atomic mass is 32.1. The number of likely N-dealkylation sites (tertiary alicyclic amines) is 1. The molecule has 0 bridgehead atoms. The molecule has 2 rings (SSSR count). The molecule has 0 aliphatic carbocycles. The van der Waals surface area contributed by atoms with Crippen LogP contribution in [0.2, 0.25) is 0 Å². The van der Waals surface area contributed by atoms with Gasteiger partial charge in [0.15, 0.2) is 0 Å². The number of hydrogen-bond donors (Lipinski definition) is 1. The van der Waals surface area contributed by atoms with E-state index in [1.54, 1.807) is 11.3 Å². The number of aromatic nitrogens is 1. The molecule has 0 saturated carbocycles. The van der Waals surface area contributed by atoms with Crippen LogP contribution < -0.4 is 5.32 Å². The van der Waals surface area contributed by atoms with Crippen LogP contribution in [0.5, 0.6) is 0 Å². The summed E-state index contributed by atoms with van der Waals surface area (Å²) in [5.74, 6) is 0. The van der Waals surface area contributed by atoms with Crippen molar-refractivity contribution in [2.45, 2.75) is 65.0 Å². The molecule has 0 aromatic carbocycles. The standard InChI is InChI=1S/C17H29N3O2S/c1-13-12-23-15(19-13)7-9-18-14-6-5-10-20(11-8-14)16(21)22-17(2,3)4/h12,14,18H,5-11H2,1-4H3. The first-order chi connectivity index (χ1) is 10.8. The van der Waals surface area contributed by atoms with Crippen molar-refractivity contribution < 1.29 is 9.53 Å². The van der Waals surface area contributed by atoms with Crippen molar-refractivity contribution in [3.63, 3.8) is 0 Å². The lowest BCUT2D eigenvalue weighted by Crippen LogP contribution is -2.38. The summed E-state index contributed by atoms with van der Waals surface area (Å²) in [4.78, 5) is 18.5. The first-order valence-corrected chi connectivity index (χ1v) is 9.34. The fourth-order valence-corrected chi connectivity index (χ4v) is 3.49. The molecule has 1 saturated heterocycles. The van der Waals surface area contributed by atoms with Gasteiger partial charge < -0.3 is 15.0 Å². The lowest BCUT2D eigenvalue weighted by Gasteiger charge is -2.26. The Morgan fingerprint density at radius 1 is 1.43 bits per heavy atom. The van der Waals surface area contributed by atoms with Crippen molar-refractivity contribution in [2.24, 2.45) is 0 Å². The number of carbonyl (C=O) groups excluding carboxylic acids is 1. The molecular weight excluding hydrogens is 310 g/mol. The lowest BCUT2D eigenvalue weighted by molar-refractivity contribution is 0.0256. The maximum atomic E-state index is 12.2. The molecular formula is C17H29N3O2S. The Hall–Kier alpha value is -1.14. The topological polar surface area (TPSA) is 54.5 Å². The van der Waals surface area contributed by atoms with Gasteiger partial charge in [-0.3, -0.25) is 0 Å². The van der Waals surface area contributed by atoms with E-state index in [0.717, 1.165) is 51.0 Å². The van der Waals surface area contributed by atoms with Gasteiger partial charge in [0.05, 0.1) is 5.01 Å². The average molecular weight is 340 g/mol. The Morgan fingerprint density at radius 2 is 2.22 bits per heavy atom. The molecule has 0 spiro atoms. The SMILES string of the molecule is Cc1csc(CCNC2CCCN(C(=O)OC(C)(C)C)CC2)n1. The molecule has 2 heterocycles. The monoisotopic (exact) mass is 339 g/mol. The molecule has 1 aromatic rings. The Labute approximate surface area is 143 Å². The zero-order valence-electron chi connectivity index (χ0n) is 14.7. The summed E-state index contributed by atoms with van der Waals surface area (Å²) >= 11 is 1.73. The van der Waals surface area contributed by atoms with Crippen molar-refractivity contribution in [1.29, 1.82) is 0 Å². The summed E-state index contributed by atoms with van der Waals surface area (Å²) < 4.78 is 5.47. The van der Waals surface area contributed by atoms with Crippen LogP contribution in [0.25, 0.3) is 0 Å². The van der Waals surface area contributed by atoms with Crippen LogP contribution in [-0.4, -0.2) is 47.3 Å². The van der Waals surface area contributed by atoms with E-state index < -0.39 is 5.60 Å². The second-order valence-corrected chi connectivity index (χ2v) is 8.12. The predicted octanol–water partition coefficient (Wildman–Crippen LogP) is 3.37. The second kappa shape index (κ2) is 8.11. The van der Waals surface area contributed by atoms with Gasteiger partial charge >= 0.3 is 6.09 Å². The molecule has 1 amide bonds. The molecule has 1 atom stereocenters. The van der Waals surface area contributed by atoms with Crippen molar-refractivity contribution >= 4 is 17.4 Å². The highest BCUT2D eigenvalue weighted by molar-refractivity contribution is 7.09. The molecule has 1 aromatic heterocycles. The van der Waals surface area contributed by atoms with E-state index in [4.69, 9.17) is 4.74 Å². The number of carbonyl (C=O) groups is 1. The van der Waals surface area contributed by atoms with Gasteiger partial charge in [-0.2, -0.15) is 0 Å². The quantitative estimate of drug-likeness (QED) is 0.914. The maximum Gasteiger partial charge on any atom is 0.410 e. The van der Waals surface area contributed by atoms with Gasteiger partial charge in [-0.1, -0.05) is 0 Å². The smallest absolute Gasteiger partial charge is 0.410 e. The summed E-state index contributed by atoms with van der Waals surface area (Å²) in [5.41, 5.74) is 0.680. The maximum absolute atomic E-state index is 12.2. The van der Waals surface area contributed by atoms with Gasteiger partial charge in [-0.05, 0) is 47.0 Å². The molecule has 1 unspecified atom stereocenters. The van der Waals surface area contributed by atoms with E-state index >= 15 is 0 Å². The van der Waals surface area contributed by atoms with Crippen LogP contribution in [0, 0.1) is 6.92 Å². The van der Waals surface area contributed by atoms with E-state index in [1.807, 2.05) is 32.6 Å². The van der Waals surface area contributed by atoms with E-state index in [0.29, 0.717) is 6.04 Å². The Balaban J connectivity index is 1.72. The number of rotatable bonds is 4. The van der Waals surface area contributed by atoms with Gasteiger partial charge in [0.25, 0.3) is 0 Å². The van der Waals surface area contributed by atoms with Gasteiger partial charge in [0.1, 0.15) is 5.60 Å². The van der Waals surface area contributed by atoms with Crippen LogP contribution in [0.1, 0.15) is 50.7 Å². The third-order valence-electron chi connectivity index (χ3n) is 3.82. The van der Waals surface area contributed by atoms with Gasteiger partial charge in [0.2, 0.25) is 0 Å². The number of aryl methyl sites for hydroxylation is 1. The minimum atomic E-state index is -0.424. The van der Waals surface area contributed by atoms with Crippen LogP contribution >= 0.6 is 11.3 Å². The summed E-state index contributed by atoms with van der Waals surface area (Å²) in [5, 5.41) is 6.91. The Kier molecular flexibility index (Phi) is 6.41. The first kappa shape index (κ1) is 18.2. The summed E-state index contributed by atoms with van der Waals surface area (Å²) in [6.07, 6.45) is 3.90. The molecule has 1 aliphatic heterocycles. The number of hydrogen-bond acceptors (Lipinski definition) is 5. The molecule has 0 radical (unpaired) electrons. The normalized spacial score (nSPS) is 19.5. The first-order valence-electron chi connectivity index (χ1n) is 8.46. The van der Waals surface area contributed by atoms with Crippen molar-refractivity contribution in [1.82, 2.24) is 15.2 Å². The minimum Gasteiger partial charge on any atom is -0.444 e. The fourth-order valence-electron chi connectivity index (χ4n) is 2.71. The number of ether oxygens (including phenoxy) is 1. The van der Waals surface area contributed by atoms with E-state index in [1.165, 1.54) is 5.01 Å². The van der Waals surface area contributed by atoms with Crippen molar-refractivity contribution in [2.75, 3.05) is 19.6 Å². The van der Waals surface area contributed by atoms with E-state index in [9.17, 15) is 4.79 Å². The molecule has 1 aliphatic rings. The number of amides is 1. The second-order valence-electron chi connectivity index (χ2n) is 7.18. The lowest BCUT2D eigenvalue weighted by atomic mass is 10.1. The third-order valence-corrected chi connectivity index (χ3v) is 4.84. The molecule has 6 heteroatoms. The van der Waals surface area contributed by atoms with Gasteiger partial charge in [-0.25, -0.2) is 9.78 Å². The van der Waals surface area contributed by atoms with Crippen LogP contribution in [0.15, 0.2) is 5.38 Å². The largest absolute Gasteiger partial charge is 0.444 e. The van der Waals surface area contributed by atoms with Gasteiger partial charge in [0, 0.05) is 43.2 Å². The Morgan fingerprint density at radius 3 is 2.87 bits per heavy atom. The Bertz CT molecular complexity index is 510. The van der Waals surface area contributed by atoms with Crippen LogP contribution in [0.4, 0.5) is 4.79 Å². The number of thiazole rings is 1. The van der Waals surface area contributed by atoms with E-state index in [2.05, 4.69) is 15.7 Å². The van der Waals surface area contributed by atoms with E-state index in [-0.39, 0.29) is 6.09 Å². The highest BCUT2D eigenvalue weighted by Gasteiger charge is 2.24. The van der Waals surface area contributed by atoms with Crippen molar-refractivity contribution in [3.8, 4) is 0 Å². The third kappa shape index (κ3) is 6.47. The fraction of sp³-hybridized carbons (Fsp3) is 0.765.